The Hall–Kier alpha value is -2.24. The molecule has 0 heterocycles. The number of benzene rings is 1. The molecule has 6 heteroatoms. The monoisotopic (exact) mass is 266 g/mol. The normalized spacial score (nSPS) is 9.58. The number of hydrogen-bond donors (Lipinski definition) is 2. The molecule has 0 aromatic heterocycles. The summed E-state index contributed by atoms with van der Waals surface area (Å²) in [6, 6.07) is 7.48. The summed E-state index contributed by atoms with van der Waals surface area (Å²) in [5.41, 5.74) is 5.41. The fourth-order valence-electron chi connectivity index (χ4n) is 1.33. The highest BCUT2D eigenvalue weighted by Crippen LogP contribution is 2.13. The zero-order chi connectivity index (χ0) is 14.1. The quantitative estimate of drug-likeness (QED) is 0.790. The Morgan fingerprint density at radius 3 is 2.68 bits per heavy atom. The van der Waals surface area contributed by atoms with Crippen LogP contribution in [0, 0.1) is 0 Å². The Labute approximate surface area is 112 Å². The van der Waals surface area contributed by atoms with Crippen molar-refractivity contribution >= 4 is 12.0 Å². The van der Waals surface area contributed by atoms with E-state index in [4.69, 9.17) is 4.74 Å². The molecule has 0 aliphatic heterocycles. The highest BCUT2D eigenvalue weighted by molar-refractivity contribution is 5.80. The molecule has 0 spiro atoms. The average Bonchev–Trinajstić information content (AvgIpc) is 2.43. The van der Waals surface area contributed by atoms with Crippen molar-refractivity contribution in [3.63, 3.8) is 0 Å². The summed E-state index contributed by atoms with van der Waals surface area (Å²) in [6.45, 7) is 3.77. The van der Waals surface area contributed by atoms with Crippen molar-refractivity contribution in [3.05, 3.63) is 29.8 Å². The van der Waals surface area contributed by atoms with Crippen LogP contribution in [0.1, 0.15) is 19.4 Å². The standard InChI is InChI=1S/C13H18N2O4/c1-3-10-6-5-7-11(8-10)19-9-12(16)14-15-13(17)18-4-2/h5-8H,3-4,9H2,1-2H3,(H,14,16)(H,15,17). The minimum atomic E-state index is -0.705. The van der Waals surface area contributed by atoms with Gasteiger partial charge in [0, 0.05) is 0 Å². The van der Waals surface area contributed by atoms with Crippen LogP contribution in [0.25, 0.3) is 0 Å². The van der Waals surface area contributed by atoms with Crippen molar-refractivity contribution in [3.8, 4) is 5.75 Å². The van der Waals surface area contributed by atoms with Gasteiger partial charge in [0.25, 0.3) is 5.91 Å². The minimum Gasteiger partial charge on any atom is -0.484 e. The first-order chi connectivity index (χ1) is 9.15. The number of carbonyl (C=O) groups is 2. The van der Waals surface area contributed by atoms with Gasteiger partial charge in [-0.15, -0.1) is 0 Å². The number of nitrogens with one attached hydrogen (secondary N) is 2. The predicted molar refractivity (Wildman–Crippen MR) is 69.6 cm³/mol. The van der Waals surface area contributed by atoms with Gasteiger partial charge in [-0.25, -0.2) is 10.2 Å². The average molecular weight is 266 g/mol. The van der Waals surface area contributed by atoms with Crippen molar-refractivity contribution in [1.29, 1.82) is 0 Å². The van der Waals surface area contributed by atoms with Crippen LogP contribution in [0.4, 0.5) is 4.79 Å². The van der Waals surface area contributed by atoms with Crippen molar-refractivity contribution in [1.82, 2.24) is 10.9 Å². The van der Waals surface area contributed by atoms with Crippen LogP contribution in [0.2, 0.25) is 0 Å². The minimum absolute atomic E-state index is 0.181. The Kier molecular flexibility index (Phi) is 6.21. The van der Waals surface area contributed by atoms with Gasteiger partial charge in [0.05, 0.1) is 6.61 Å². The lowest BCUT2D eigenvalue weighted by atomic mass is 10.2. The van der Waals surface area contributed by atoms with Gasteiger partial charge in [-0.2, -0.15) is 0 Å². The second kappa shape index (κ2) is 7.97. The summed E-state index contributed by atoms with van der Waals surface area (Å²) in [6.07, 6.45) is 0.192. The van der Waals surface area contributed by atoms with Crippen molar-refractivity contribution in [2.45, 2.75) is 20.3 Å². The lowest BCUT2D eigenvalue weighted by molar-refractivity contribution is -0.123. The molecule has 0 aliphatic rings. The van der Waals surface area contributed by atoms with E-state index in [0.29, 0.717) is 5.75 Å². The Morgan fingerprint density at radius 1 is 1.21 bits per heavy atom. The summed E-state index contributed by atoms with van der Waals surface area (Å²) >= 11 is 0. The lowest BCUT2D eigenvalue weighted by Crippen LogP contribution is -2.44. The first kappa shape index (κ1) is 14.8. The molecule has 1 aromatic rings. The molecule has 2 N–H and O–H groups in total. The van der Waals surface area contributed by atoms with Crippen LogP contribution >= 0.6 is 0 Å². The van der Waals surface area contributed by atoms with Crippen LogP contribution in [0.3, 0.4) is 0 Å². The molecule has 1 aromatic carbocycles. The van der Waals surface area contributed by atoms with E-state index in [0.717, 1.165) is 12.0 Å². The van der Waals surface area contributed by atoms with Gasteiger partial charge < -0.3 is 9.47 Å². The third kappa shape index (κ3) is 5.76. The number of hydrogen-bond acceptors (Lipinski definition) is 4. The van der Waals surface area contributed by atoms with Crippen molar-refractivity contribution < 1.29 is 19.1 Å². The first-order valence-electron chi connectivity index (χ1n) is 6.09. The molecule has 1 rings (SSSR count). The SMILES string of the molecule is CCOC(=O)NNC(=O)COc1cccc(CC)c1. The Balaban J connectivity index is 2.31. The third-order valence-electron chi connectivity index (χ3n) is 2.26. The van der Waals surface area contributed by atoms with E-state index in [1.165, 1.54) is 0 Å². The molecule has 2 amide bonds. The van der Waals surface area contributed by atoms with Crippen LogP contribution < -0.4 is 15.6 Å². The molecule has 19 heavy (non-hydrogen) atoms. The zero-order valence-electron chi connectivity index (χ0n) is 11.1. The van der Waals surface area contributed by atoms with Crippen LogP contribution in [0.15, 0.2) is 24.3 Å². The predicted octanol–water partition coefficient (Wildman–Crippen LogP) is 1.41. The summed E-state index contributed by atoms with van der Waals surface area (Å²) in [4.78, 5) is 22.3. The highest BCUT2D eigenvalue weighted by Gasteiger charge is 2.05. The number of rotatable bonds is 5. The molecular formula is C13H18N2O4. The number of aryl methyl sites for hydroxylation is 1. The summed E-state index contributed by atoms with van der Waals surface area (Å²) in [5.74, 6) is 0.153. The fraction of sp³-hybridized carbons (Fsp3) is 0.385. The molecule has 0 fully saturated rings. The van der Waals surface area contributed by atoms with E-state index >= 15 is 0 Å². The number of amides is 2. The van der Waals surface area contributed by atoms with Crippen molar-refractivity contribution in [2.75, 3.05) is 13.2 Å². The van der Waals surface area contributed by atoms with Gasteiger partial charge in [-0.05, 0) is 31.0 Å². The molecule has 0 unspecified atom stereocenters. The first-order valence-corrected chi connectivity index (χ1v) is 6.09. The van der Waals surface area contributed by atoms with E-state index < -0.39 is 12.0 Å². The number of ether oxygens (including phenoxy) is 2. The smallest absolute Gasteiger partial charge is 0.426 e. The van der Waals surface area contributed by atoms with Gasteiger partial charge >= 0.3 is 6.09 Å². The summed E-state index contributed by atoms with van der Waals surface area (Å²) in [5, 5.41) is 0. The molecule has 0 aliphatic carbocycles. The molecule has 0 saturated carbocycles. The van der Waals surface area contributed by atoms with Gasteiger partial charge in [-0.1, -0.05) is 19.1 Å². The molecule has 0 atom stereocenters. The van der Waals surface area contributed by atoms with Crippen LogP contribution in [-0.4, -0.2) is 25.2 Å². The molecular weight excluding hydrogens is 248 g/mol. The maximum Gasteiger partial charge on any atom is 0.426 e. The molecule has 0 radical (unpaired) electrons. The molecule has 104 valence electrons. The number of hydrazine groups is 1. The fourth-order valence-corrected chi connectivity index (χ4v) is 1.33. The third-order valence-corrected chi connectivity index (χ3v) is 2.26. The van der Waals surface area contributed by atoms with E-state index in [9.17, 15) is 9.59 Å². The molecule has 0 saturated heterocycles. The summed E-state index contributed by atoms with van der Waals surface area (Å²) < 4.78 is 9.88. The van der Waals surface area contributed by atoms with E-state index in [1.54, 1.807) is 13.0 Å². The molecule has 6 nitrogen and oxygen atoms in total. The van der Waals surface area contributed by atoms with E-state index in [1.807, 2.05) is 25.1 Å². The van der Waals surface area contributed by atoms with Crippen LogP contribution in [-0.2, 0) is 16.0 Å². The maximum absolute atomic E-state index is 11.4. The topological polar surface area (TPSA) is 76.7 Å². The molecule has 0 bridgehead atoms. The largest absolute Gasteiger partial charge is 0.484 e. The second-order valence-electron chi connectivity index (χ2n) is 3.68. The van der Waals surface area contributed by atoms with Gasteiger partial charge in [-0.3, -0.25) is 10.2 Å². The second-order valence-corrected chi connectivity index (χ2v) is 3.68. The zero-order valence-corrected chi connectivity index (χ0v) is 11.1. The maximum atomic E-state index is 11.4. The van der Waals surface area contributed by atoms with E-state index in [-0.39, 0.29) is 13.2 Å². The van der Waals surface area contributed by atoms with Crippen LogP contribution in [0.5, 0.6) is 5.75 Å². The summed E-state index contributed by atoms with van der Waals surface area (Å²) in [7, 11) is 0. The number of carbonyl (C=O) groups excluding carboxylic acids is 2. The Bertz CT molecular complexity index is 434. The van der Waals surface area contributed by atoms with E-state index in [2.05, 4.69) is 15.6 Å². The highest BCUT2D eigenvalue weighted by atomic mass is 16.6. The van der Waals surface area contributed by atoms with Gasteiger partial charge in [0.1, 0.15) is 5.75 Å². The van der Waals surface area contributed by atoms with Gasteiger partial charge in [0.15, 0.2) is 6.61 Å². The lowest BCUT2D eigenvalue weighted by Gasteiger charge is -2.09. The van der Waals surface area contributed by atoms with Gasteiger partial charge in [0.2, 0.25) is 0 Å². The van der Waals surface area contributed by atoms with Crippen molar-refractivity contribution in [2.24, 2.45) is 0 Å². The Morgan fingerprint density at radius 2 is 2.00 bits per heavy atom.